The highest BCUT2D eigenvalue weighted by molar-refractivity contribution is 8.32. The van der Waals surface area contributed by atoms with Gasteiger partial charge in [0.2, 0.25) is 0 Å². The summed E-state index contributed by atoms with van der Waals surface area (Å²) in [5, 5.41) is 0. The third-order valence-electron chi connectivity index (χ3n) is 4.67. The second-order valence-electron chi connectivity index (χ2n) is 6.81. The van der Waals surface area contributed by atoms with Crippen molar-refractivity contribution in [3.63, 3.8) is 0 Å². The highest BCUT2D eigenvalue weighted by atomic mass is 32.3. The lowest BCUT2D eigenvalue weighted by atomic mass is 10.2. The van der Waals surface area contributed by atoms with Gasteiger partial charge in [-0.2, -0.15) is 8.42 Å². The van der Waals surface area contributed by atoms with Gasteiger partial charge in [-0.05, 0) is 42.0 Å². The summed E-state index contributed by atoms with van der Waals surface area (Å²) < 4.78 is 31.5. The van der Waals surface area contributed by atoms with Crippen molar-refractivity contribution in [2.75, 3.05) is 0 Å². The van der Waals surface area contributed by atoms with Gasteiger partial charge in [-0.15, -0.1) is 0 Å². The Balaban J connectivity index is 1.91. The molecule has 5 heteroatoms. The smallest absolute Gasteiger partial charge is 0.262 e. The molecule has 0 bridgehead atoms. The monoisotopic (exact) mass is 435 g/mol. The normalized spacial score (nSPS) is 12.4. The Morgan fingerprint density at radius 1 is 0.500 bits per heavy atom. The largest absolute Gasteiger partial charge is 0.395 e. The first-order valence-corrected chi connectivity index (χ1v) is 12.8. The molecule has 1 N–H and O–H groups in total. The average Bonchev–Trinajstić information content (AvgIpc) is 2.80. The molecule has 4 aromatic rings. The molecule has 4 rings (SSSR count). The van der Waals surface area contributed by atoms with Crippen molar-refractivity contribution in [1.82, 2.24) is 0 Å². The van der Waals surface area contributed by atoms with Crippen LogP contribution in [-0.4, -0.2) is 12.0 Å². The molecule has 0 aliphatic carbocycles. The van der Waals surface area contributed by atoms with E-state index in [1.165, 1.54) is 0 Å². The molecular formula is C25H23O3S2+. The second-order valence-corrected chi connectivity index (χ2v) is 11.4. The first kappa shape index (κ1) is 20.4. The molecule has 4 aromatic carbocycles. The highest BCUT2D eigenvalue weighted by Crippen LogP contribution is 2.68. The van der Waals surface area contributed by atoms with Gasteiger partial charge in [0, 0.05) is 0 Å². The molecule has 0 atom stereocenters. The number of hydrogen-bond acceptors (Lipinski definition) is 2. The Morgan fingerprint density at radius 3 is 1.20 bits per heavy atom. The summed E-state index contributed by atoms with van der Waals surface area (Å²) in [5.41, 5.74) is 0.726. The number of benzene rings is 4. The lowest BCUT2D eigenvalue weighted by Crippen LogP contribution is -2.19. The van der Waals surface area contributed by atoms with Crippen molar-refractivity contribution in [2.24, 2.45) is 0 Å². The van der Waals surface area contributed by atoms with Gasteiger partial charge in [0.05, 0.1) is 25.0 Å². The third kappa shape index (κ3) is 4.33. The van der Waals surface area contributed by atoms with Gasteiger partial charge in [-0.25, -0.2) is 0 Å². The van der Waals surface area contributed by atoms with Crippen molar-refractivity contribution >= 4 is 20.4 Å². The number of hydrogen-bond donors (Lipinski definition) is 0. The lowest BCUT2D eigenvalue weighted by molar-refractivity contribution is 0.386. The van der Waals surface area contributed by atoms with Gasteiger partial charge in [0.25, 0.3) is 0 Å². The summed E-state index contributed by atoms with van der Waals surface area (Å²) in [5.74, 6) is -0.130. The Hall–Kier alpha value is -2.86. The van der Waals surface area contributed by atoms with Crippen LogP contribution in [0.2, 0.25) is 0 Å². The molecule has 3 nitrogen and oxygen atoms in total. The first-order valence-electron chi connectivity index (χ1n) is 9.60. The van der Waals surface area contributed by atoms with Crippen LogP contribution >= 0.6 is 10.3 Å². The molecule has 0 heterocycles. The lowest BCUT2D eigenvalue weighted by Gasteiger charge is -2.34. The molecule has 30 heavy (non-hydrogen) atoms. The van der Waals surface area contributed by atoms with Crippen LogP contribution in [0.4, 0.5) is 0 Å². The van der Waals surface area contributed by atoms with Gasteiger partial charge in [-0.3, -0.25) is 3.63 Å². The van der Waals surface area contributed by atoms with Crippen LogP contribution in [0.3, 0.4) is 0 Å². The zero-order valence-electron chi connectivity index (χ0n) is 16.3. The van der Waals surface area contributed by atoms with Crippen LogP contribution in [-0.2, 0) is 15.9 Å². The van der Waals surface area contributed by atoms with Gasteiger partial charge in [0.1, 0.15) is 5.75 Å². The molecule has 0 aromatic heterocycles. The van der Waals surface area contributed by atoms with E-state index in [-0.39, 0.29) is 5.75 Å². The van der Waals surface area contributed by atoms with E-state index in [0.29, 0.717) is 0 Å². The predicted octanol–water partition coefficient (Wildman–Crippen LogP) is 6.51. The van der Waals surface area contributed by atoms with Crippen LogP contribution in [0, 0.1) is 0 Å². The Labute approximate surface area is 179 Å². The summed E-state index contributed by atoms with van der Waals surface area (Å²) >= 11 is 0. The summed E-state index contributed by atoms with van der Waals surface area (Å²) in [7, 11) is -6.15. The molecule has 0 spiro atoms. The minimum absolute atomic E-state index is 0.130. The van der Waals surface area contributed by atoms with E-state index in [4.69, 9.17) is 3.63 Å². The Morgan fingerprint density at radius 2 is 0.833 bits per heavy atom. The molecule has 0 unspecified atom stereocenters. The maximum Gasteiger partial charge on any atom is 0.395 e. The van der Waals surface area contributed by atoms with E-state index in [9.17, 15) is 8.42 Å². The SMILES string of the molecule is O=S(=O)(Cc1ccccc1)[OH+]S(c1ccccc1)(c1ccccc1)c1ccccc1. The molecular weight excluding hydrogens is 412 g/mol. The van der Waals surface area contributed by atoms with Gasteiger partial charge in [0.15, 0.2) is 0 Å². The minimum atomic E-state index is -3.77. The van der Waals surface area contributed by atoms with Crippen LogP contribution < -0.4 is 0 Å². The van der Waals surface area contributed by atoms with E-state index in [1.54, 1.807) is 0 Å². The zero-order chi connectivity index (χ0) is 20.9. The second kappa shape index (κ2) is 8.88. The van der Waals surface area contributed by atoms with Crippen molar-refractivity contribution in [1.29, 1.82) is 0 Å². The van der Waals surface area contributed by atoms with Crippen molar-refractivity contribution in [2.45, 2.75) is 20.4 Å². The van der Waals surface area contributed by atoms with E-state index in [1.807, 2.05) is 121 Å². The third-order valence-corrected chi connectivity index (χ3v) is 10.0. The van der Waals surface area contributed by atoms with E-state index in [0.717, 1.165) is 20.2 Å². The Kier molecular flexibility index (Phi) is 6.04. The Bertz CT molecular complexity index is 1080. The van der Waals surface area contributed by atoms with Crippen LogP contribution in [0.25, 0.3) is 0 Å². The van der Waals surface area contributed by atoms with Crippen molar-refractivity contribution in [3.8, 4) is 0 Å². The van der Waals surface area contributed by atoms with Crippen molar-refractivity contribution < 1.29 is 12.0 Å². The molecule has 0 saturated heterocycles. The summed E-state index contributed by atoms with van der Waals surface area (Å²) in [6, 6.07) is 38.4. The van der Waals surface area contributed by atoms with E-state index < -0.39 is 20.4 Å². The first-order chi connectivity index (χ1) is 14.6. The van der Waals surface area contributed by atoms with Crippen molar-refractivity contribution in [3.05, 3.63) is 127 Å². The summed E-state index contributed by atoms with van der Waals surface area (Å²) in [6.07, 6.45) is 0. The molecule has 0 radical (unpaired) electrons. The minimum Gasteiger partial charge on any atom is -0.262 e. The van der Waals surface area contributed by atoms with Gasteiger partial charge < -0.3 is 0 Å². The maximum absolute atomic E-state index is 13.4. The van der Waals surface area contributed by atoms with E-state index >= 15 is 0 Å². The molecule has 152 valence electrons. The number of rotatable bonds is 7. The van der Waals surface area contributed by atoms with Gasteiger partial charge >= 0.3 is 10.1 Å². The van der Waals surface area contributed by atoms with E-state index in [2.05, 4.69) is 0 Å². The fourth-order valence-corrected chi connectivity index (χ4v) is 9.06. The molecule has 0 saturated carbocycles. The quantitative estimate of drug-likeness (QED) is 0.245. The average molecular weight is 436 g/mol. The molecule has 0 aliphatic heterocycles. The van der Waals surface area contributed by atoms with Crippen LogP contribution in [0.1, 0.15) is 5.56 Å². The molecule has 0 aliphatic rings. The predicted molar refractivity (Wildman–Crippen MR) is 123 cm³/mol. The molecule has 0 amide bonds. The standard InChI is InChI=1S/C25H22O3S2/c26-29(27,21-22-13-5-1-6-14-22)28-30(23-15-7-2-8-16-23,24-17-9-3-10-18-24)25-19-11-4-12-20-25/h1-20H,21H2/p+1. The fourth-order valence-electron chi connectivity index (χ4n) is 3.37. The summed E-state index contributed by atoms with van der Waals surface area (Å²) in [4.78, 5) is 2.66. The van der Waals surface area contributed by atoms with Gasteiger partial charge in [-0.1, -0.05) is 84.9 Å². The zero-order valence-corrected chi connectivity index (χ0v) is 18.0. The summed E-state index contributed by atoms with van der Waals surface area (Å²) in [6.45, 7) is 0. The van der Waals surface area contributed by atoms with Crippen LogP contribution in [0.15, 0.2) is 136 Å². The maximum atomic E-state index is 13.4. The molecule has 0 fully saturated rings. The van der Waals surface area contributed by atoms with Crippen LogP contribution in [0.5, 0.6) is 0 Å². The highest BCUT2D eigenvalue weighted by Gasteiger charge is 2.42. The topological polar surface area (TPSA) is 46.9 Å². The fraction of sp³-hybridized carbons (Fsp3) is 0.0400.